The molecule has 1 aromatic heterocycles. The van der Waals surface area contributed by atoms with E-state index < -0.39 is 6.10 Å². The van der Waals surface area contributed by atoms with Gasteiger partial charge in [-0.3, -0.25) is 14.7 Å². The van der Waals surface area contributed by atoms with E-state index in [0.717, 1.165) is 24.9 Å². The third-order valence-electron chi connectivity index (χ3n) is 4.91. The Hall–Kier alpha value is -1.54. The van der Waals surface area contributed by atoms with Crippen LogP contribution < -0.4 is 5.32 Å². The van der Waals surface area contributed by atoms with Crippen LogP contribution >= 0.6 is 0 Å². The first-order valence-corrected chi connectivity index (χ1v) is 8.90. The van der Waals surface area contributed by atoms with Crippen LogP contribution in [0.25, 0.3) is 0 Å². The number of nitrogens with one attached hydrogen (secondary N) is 1. The zero-order chi connectivity index (χ0) is 17.6. The summed E-state index contributed by atoms with van der Waals surface area (Å²) >= 11 is 0. The average molecular weight is 349 g/mol. The van der Waals surface area contributed by atoms with Crippen molar-refractivity contribution in [2.24, 2.45) is 0 Å². The molecule has 138 valence electrons. The van der Waals surface area contributed by atoms with Crippen LogP contribution in [0, 0.1) is 0 Å². The van der Waals surface area contributed by atoms with Gasteiger partial charge in [0, 0.05) is 38.6 Å². The number of carbonyl (C=O) groups excluding carboxylic acids is 1. The maximum absolute atomic E-state index is 11.6. The summed E-state index contributed by atoms with van der Waals surface area (Å²) in [5.41, 5.74) is 1.16. The molecule has 0 radical (unpaired) electrons. The highest BCUT2D eigenvalue weighted by molar-refractivity contribution is 5.76. The molecule has 0 unspecified atom stereocenters. The van der Waals surface area contributed by atoms with Crippen molar-refractivity contribution in [3.63, 3.8) is 0 Å². The van der Waals surface area contributed by atoms with Crippen LogP contribution in [0.5, 0.6) is 0 Å². The van der Waals surface area contributed by atoms with E-state index in [9.17, 15) is 9.90 Å². The molecule has 0 aromatic carbocycles. The molecule has 0 bridgehead atoms. The van der Waals surface area contributed by atoms with Gasteiger partial charge in [0.2, 0.25) is 5.91 Å². The van der Waals surface area contributed by atoms with Gasteiger partial charge in [-0.25, -0.2) is 0 Å². The third kappa shape index (κ3) is 4.98. The van der Waals surface area contributed by atoms with Crippen molar-refractivity contribution in [3.05, 3.63) is 30.1 Å². The Morgan fingerprint density at radius 1 is 1.36 bits per heavy atom. The van der Waals surface area contributed by atoms with E-state index in [4.69, 9.17) is 9.47 Å². The number of ether oxygens (including phenoxy) is 2. The second-order valence-corrected chi connectivity index (χ2v) is 6.79. The zero-order valence-electron chi connectivity index (χ0n) is 14.6. The van der Waals surface area contributed by atoms with Crippen molar-refractivity contribution >= 4 is 5.91 Å². The fourth-order valence-corrected chi connectivity index (χ4v) is 3.66. The molecule has 7 heteroatoms. The highest BCUT2D eigenvalue weighted by Gasteiger charge is 2.37. The van der Waals surface area contributed by atoms with E-state index in [-0.39, 0.29) is 24.2 Å². The summed E-state index contributed by atoms with van der Waals surface area (Å²) in [6.07, 6.45) is 5.04. The van der Waals surface area contributed by atoms with Crippen LogP contribution in [0.3, 0.4) is 0 Å². The van der Waals surface area contributed by atoms with Crippen molar-refractivity contribution in [1.82, 2.24) is 15.2 Å². The van der Waals surface area contributed by atoms with Crippen LogP contribution in [0.15, 0.2) is 24.5 Å². The fourth-order valence-electron chi connectivity index (χ4n) is 3.66. The Bertz CT molecular complexity index is 557. The molecule has 7 nitrogen and oxygen atoms in total. The van der Waals surface area contributed by atoms with Gasteiger partial charge >= 0.3 is 0 Å². The topological polar surface area (TPSA) is 83.9 Å². The van der Waals surface area contributed by atoms with Crippen molar-refractivity contribution in [3.8, 4) is 0 Å². The molecule has 3 rings (SSSR count). The average Bonchev–Trinajstić information content (AvgIpc) is 2.61. The number of amides is 1. The number of aliphatic hydroxyl groups is 1. The number of carbonyl (C=O) groups is 1. The minimum Gasteiger partial charge on any atom is -0.389 e. The molecule has 2 N–H and O–H groups in total. The van der Waals surface area contributed by atoms with Crippen LogP contribution in [0.1, 0.15) is 24.8 Å². The second-order valence-electron chi connectivity index (χ2n) is 6.79. The number of fused-ring (bicyclic) bond motifs is 1. The van der Waals surface area contributed by atoms with Crippen LogP contribution in [-0.2, 0) is 20.8 Å². The predicted octanol–water partition coefficient (Wildman–Crippen LogP) is 0.327. The molecule has 1 amide bonds. The predicted molar refractivity (Wildman–Crippen MR) is 91.8 cm³/mol. The van der Waals surface area contributed by atoms with Gasteiger partial charge in [-0.05, 0) is 30.5 Å². The molecule has 25 heavy (non-hydrogen) atoms. The van der Waals surface area contributed by atoms with Gasteiger partial charge in [-0.2, -0.15) is 0 Å². The first-order valence-electron chi connectivity index (χ1n) is 8.90. The number of hydrogen-bond donors (Lipinski definition) is 2. The fraction of sp³-hybridized carbons (Fsp3) is 0.667. The third-order valence-corrected chi connectivity index (χ3v) is 4.91. The molecule has 2 fully saturated rings. The van der Waals surface area contributed by atoms with Gasteiger partial charge in [-0.15, -0.1) is 0 Å². The molecule has 1 aromatic rings. The summed E-state index contributed by atoms with van der Waals surface area (Å²) in [5, 5.41) is 12.8. The highest BCUT2D eigenvalue weighted by atomic mass is 16.5. The quantitative estimate of drug-likeness (QED) is 0.815. The summed E-state index contributed by atoms with van der Waals surface area (Å²) < 4.78 is 11.8. The van der Waals surface area contributed by atoms with E-state index in [0.29, 0.717) is 26.2 Å². The maximum atomic E-state index is 11.6. The Morgan fingerprint density at radius 3 is 2.92 bits per heavy atom. The summed E-state index contributed by atoms with van der Waals surface area (Å²) in [4.78, 5) is 18.0. The van der Waals surface area contributed by atoms with E-state index in [1.807, 2.05) is 12.1 Å². The van der Waals surface area contributed by atoms with Gasteiger partial charge in [0.1, 0.15) is 0 Å². The number of rotatable bonds is 4. The largest absolute Gasteiger partial charge is 0.389 e. The molecule has 2 aliphatic rings. The number of aliphatic hydroxyl groups excluding tert-OH is 1. The molecule has 3 heterocycles. The molecular weight excluding hydrogens is 322 g/mol. The summed E-state index contributed by atoms with van der Waals surface area (Å²) in [6.45, 7) is 2.04. The van der Waals surface area contributed by atoms with E-state index in [1.165, 1.54) is 0 Å². The monoisotopic (exact) mass is 349 g/mol. The maximum Gasteiger partial charge on any atom is 0.222 e. The van der Waals surface area contributed by atoms with E-state index in [2.05, 4.69) is 15.2 Å². The van der Waals surface area contributed by atoms with Gasteiger partial charge in [0.05, 0.1) is 37.9 Å². The Morgan fingerprint density at radius 2 is 2.16 bits per heavy atom. The standard InChI is InChI=1S/C18H27N3O4/c1-19-18(23)8-15-2-3-16-17(25-15)12-24-11-14(22)10-21(16)9-13-4-6-20-7-5-13/h4-7,14-17,22H,2-3,8-12H2,1H3,(H,19,23)/t14-,15+,16+,17-/m1/s1. The minimum atomic E-state index is -0.508. The number of hydrogen-bond acceptors (Lipinski definition) is 6. The lowest BCUT2D eigenvalue weighted by Gasteiger charge is -2.44. The summed E-state index contributed by atoms with van der Waals surface area (Å²) in [6, 6.07) is 4.16. The van der Waals surface area contributed by atoms with Crippen molar-refractivity contribution in [2.75, 3.05) is 26.8 Å². The summed E-state index contributed by atoms with van der Waals surface area (Å²) in [5.74, 6) is -0.000670. The highest BCUT2D eigenvalue weighted by Crippen LogP contribution is 2.28. The first kappa shape index (κ1) is 18.3. The van der Waals surface area contributed by atoms with Crippen LogP contribution in [-0.4, -0.2) is 72.1 Å². The zero-order valence-corrected chi connectivity index (χ0v) is 14.6. The van der Waals surface area contributed by atoms with Crippen molar-refractivity contribution in [1.29, 1.82) is 0 Å². The number of aromatic nitrogens is 1. The normalized spacial score (nSPS) is 30.8. The molecule has 0 aliphatic carbocycles. The summed E-state index contributed by atoms with van der Waals surface area (Å²) in [7, 11) is 1.64. The van der Waals surface area contributed by atoms with Crippen molar-refractivity contribution in [2.45, 2.75) is 50.2 Å². The SMILES string of the molecule is CNC(=O)C[C@@H]1CC[C@H]2[C@@H](COC[C@H](O)CN2Cc2ccncc2)O1. The van der Waals surface area contributed by atoms with Gasteiger partial charge in [0.15, 0.2) is 0 Å². The Kier molecular flexibility index (Phi) is 6.36. The van der Waals surface area contributed by atoms with E-state index in [1.54, 1.807) is 19.4 Å². The smallest absolute Gasteiger partial charge is 0.222 e. The Balaban J connectivity index is 1.69. The lowest BCUT2D eigenvalue weighted by atomic mass is 9.94. The lowest BCUT2D eigenvalue weighted by Crippen LogP contribution is -2.55. The van der Waals surface area contributed by atoms with E-state index >= 15 is 0 Å². The number of β-amino-alcohol motifs (C(OH)–C–C–N with tert-alkyl or cyclic N) is 1. The van der Waals surface area contributed by atoms with Gasteiger partial charge in [0.25, 0.3) is 0 Å². The number of nitrogens with zero attached hydrogens (tertiary/aromatic N) is 2. The van der Waals surface area contributed by atoms with Crippen molar-refractivity contribution < 1.29 is 19.4 Å². The molecular formula is C18H27N3O4. The molecule has 0 saturated carbocycles. The second kappa shape index (κ2) is 8.71. The van der Waals surface area contributed by atoms with Crippen LogP contribution in [0.4, 0.5) is 0 Å². The first-order chi connectivity index (χ1) is 12.2. The van der Waals surface area contributed by atoms with Gasteiger partial charge in [-0.1, -0.05) is 0 Å². The molecule has 2 aliphatic heterocycles. The minimum absolute atomic E-state index is 0.000670. The molecule has 2 saturated heterocycles. The lowest BCUT2D eigenvalue weighted by molar-refractivity contribution is -0.158. The van der Waals surface area contributed by atoms with Gasteiger partial charge < -0.3 is 19.9 Å². The van der Waals surface area contributed by atoms with Crippen LogP contribution in [0.2, 0.25) is 0 Å². The Labute approximate surface area is 148 Å². The molecule has 4 atom stereocenters. The molecule has 0 spiro atoms. The number of pyridine rings is 1.